The molecule has 1 heterocycles. The van der Waals surface area contributed by atoms with Crippen molar-refractivity contribution in [2.75, 3.05) is 0 Å². The van der Waals surface area contributed by atoms with Crippen LogP contribution in [0.15, 0.2) is 4.99 Å². The first-order valence-corrected chi connectivity index (χ1v) is 5.17. The van der Waals surface area contributed by atoms with Crippen LogP contribution in [0.5, 0.6) is 0 Å². The Kier molecular flexibility index (Phi) is 3.07. The van der Waals surface area contributed by atoms with Gasteiger partial charge in [0.25, 0.3) is 0 Å². The summed E-state index contributed by atoms with van der Waals surface area (Å²) >= 11 is 5.75. The molecule has 1 aromatic carbocycles. The Morgan fingerprint density at radius 3 is 2.58 bits per heavy atom. The molecule has 0 fully saturated rings. The largest absolute Gasteiger partial charge is 0.449 e. The van der Waals surface area contributed by atoms with Crippen LogP contribution in [0, 0.1) is 12.7 Å². The van der Waals surface area contributed by atoms with Crippen molar-refractivity contribution in [2.45, 2.75) is 13.1 Å². The molecule has 0 aliphatic rings. The van der Waals surface area contributed by atoms with Crippen molar-refractivity contribution in [3.63, 3.8) is 0 Å². The number of rotatable bonds is 1. The van der Waals surface area contributed by atoms with Gasteiger partial charge in [0, 0.05) is 5.56 Å². The van der Waals surface area contributed by atoms with Crippen LogP contribution in [0.4, 0.5) is 23.2 Å². The Balaban J connectivity index is 2.94. The van der Waals surface area contributed by atoms with Gasteiger partial charge in [-0.1, -0.05) is 11.6 Å². The summed E-state index contributed by atoms with van der Waals surface area (Å²) in [6, 6.07) is 0. The Hall–Kier alpha value is -1.92. The Bertz CT molecular complexity index is 716. The normalized spacial score (nSPS) is 11.7. The standard InChI is InChI=1S/C10H4ClF4N3O/c1-3-4(11)6-8(7(5(3)12)16-2-19)18-9(17-6)10(13,14)15/h1H3,(H,17,18). The van der Waals surface area contributed by atoms with E-state index in [1.54, 1.807) is 0 Å². The molecule has 0 unspecified atom stereocenters. The monoisotopic (exact) mass is 293 g/mol. The van der Waals surface area contributed by atoms with Crippen molar-refractivity contribution in [2.24, 2.45) is 4.99 Å². The number of carbonyl (C=O) groups excluding carboxylic acids is 1. The van der Waals surface area contributed by atoms with Gasteiger partial charge in [-0.3, -0.25) is 0 Å². The second kappa shape index (κ2) is 4.32. The minimum atomic E-state index is -4.76. The van der Waals surface area contributed by atoms with Gasteiger partial charge in [0.1, 0.15) is 11.2 Å². The molecular formula is C10H4ClF4N3O. The number of aromatic nitrogens is 2. The first kappa shape index (κ1) is 13.5. The lowest BCUT2D eigenvalue weighted by Gasteiger charge is -2.03. The summed E-state index contributed by atoms with van der Waals surface area (Å²) in [5.41, 5.74) is -1.47. The van der Waals surface area contributed by atoms with Crippen LogP contribution in [0.1, 0.15) is 11.4 Å². The Morgan fingerprint density at radius 2 is 2.05 bits per heavy atom. The zero-order chi connectivity index (χ0) is 14.4. The summed E-state index contributed by atoms with van der Waals surface area (Å²) in [6.45, 7) is 1.25. The van der Waals surface area contributed by atoms with Crippen molar-refractivity contribution in [1.82, 2.24) is 9.97 Å². The Morgan fingerprint density at radius 1 is 1.42 bits per heavy atom. The summed E-state index contributed by atoms with van der Waals surface area (Å²) in [7, 11) is 0. The van der Waals surface area contributed by atoms with Crippen LogP contribution in [0.3, 0.4) is 0 Å². The maximum atomic E-state index is 13.8. The number of hydrogen-bond donors (Lipinski definition) is 1. The number of aliphatic imine (C=N–C) groups is 1. The molecule has 2 rings (SSSR count). The predicted molar refractivity (Wildman–Crippen MR) is 58.6 cm³/mol. The van der Waals surface area contributed by atoms with Gasteiger partial charge >= 0.3 is 6.18 Å². The highest BCUT2D eigenvalue weighted by Gasteiger charge is 2.36. The zero-order valence-corrected chi connectivity index (χ0v) is 9.95. The second-order valence-corrected chi connectivity index (χ2v) is 3.99. The van der Waals surface area contributed by atoms with E-state index in [0.717, 1.165) is 6.08 Å². The van der Waals surface area contributed by atoms with E-state index in [2.05, 4.69) is 9.98 Å². The quantitative estimate of drug-likeness (QED) is 0.495. The highest BCUT2D eigenvalue weighted by Crippen LogP contribution is 2.38. The van der Waals surface area contributed by atoms with E-state index >= 15 is 0 Å². The number of benzene rings is 1. The number of hydrogen-bond acceptors (Lipinski definition) is 3. The maximum absolute atomic E-state index is 13.8. The van der Waals surface area contributed by atoms with Gasteiger partial charge in [-0.25, -0.2) is 14.2 Å². The maximum Gasteiger partial charge on any atom is 0.449 e. The molecule has 0 spiro atoms. The molecule has 4 nitrogen and oxygen atoms in total. The smallest absolute Gasteiger partial charge is 0.333 e. The molecule has 0 radical (unpaired) electrons. The number of halogens is 5. The molecule has 0 bridgehead atoms. The van der Waals surface area contributed by atoms with Gasteiger partial charge < -0.3 is 4.98 Å². The highest BCUT2D eigenvalue weighted by molar-refractivity contribution is 6.36. The molecular weight excluding hydrogens is 290 g/mol. The van der Waals surface area contributed by atoms with Gasteiger partial charge in [-0.15, -0.1) is 0 Å². The first-order valence-electron chi connectivity index (χ1n) is 4.79. The van der Waals surface area contributed by atoms with Gasteiger partial charge in [-0.2, -0.15) is 18.2 Å². The van der Waals surface area contributed by atoms with E-state index in [4.69, 9.17) is 11.6 Å². The van der Waals surface area contributed by atoms with E-state index in [9.17, 15) is 22.4 Å². The zero-order valence-electron chi connectivity index (χ0n) is 9.19. The van der Waals surface area contributed by atoms with Crippen LogP contribution < -0.4 is 0 Å². The van der Waals surface area contributed by atoms with E-state index in [1.807, 2.05) is 4.98 Å². The van der Waals surface area contributed by atoms with Crippen molar-refractivity contribution in [3.05, 3.63) is 22.2 Å². The number of fused-ring (bicyclic) bond motifs is 1. The van der Waals surface area contributed by atoms with Crippen molar-refractivity contribution >= 4 is 34.4 Å². The van der Waals surface area contributed by atoms with E-state index < -0.39 is 29.0 Å². The minimum Gasteiger partial charge on any atom is -0.333 e. The number of nitrogens with one attached hydrogen (secondary N) is 1. The number of imidazole rings is 1. The summed E-state index contributed by atoms with van der Waals surface area (Å²) in [5, 5.41) is -0.250. The van der Waals surface area contributed by atoms with Crippen LogP contribution in [0.25, 0.3) is 11.0 Å². The first-order chi connectivity index (χ1) is 8.77. The predicted octanol–water partition coefficient (Wildman–Crippen LogP) is 3.65. The van der Waals surface area contributed by atoms with Gasteiger partial charge in [-0.05, 0) is 6.92 Å². The van der Waals surface area contributed by atoms with Crippen molar-refractivity contribution in [3.8, 4) is 0 Å². The topological polar surface area (TPSA) is 58.1 Å². The summed E-state index contributed by atoms with van der Waals surface area (Å²) in [6.07, 6.45) is -3.69. The molecule has 9 heteroatoms. The number of isocyanates is 1. The van der Waals surface area contributed by atoms with Gasteiger partial charge in [0.05, 0.1) is 10.5 Å². The average molecular weight is 294 g/mol. The average Bonchev–Trinajstić information content (AvgIpc) is 2.76. The number of H-pyrrole nitrogens is 1. The van der Waals surface area contributed by atoms with Crippen molar-refractivity contribution < 1.29 is 22.4 Å². The number of aromatic amines is 1. The molecule has 0 saturated heterocycles. The lowest BCUT2D eigenvalue weighted by molar-refractivity contribution is -0.144. The SMILES string of the molecule is Cc1c(F)c(N=C=O)c2nc(C(F)(F)F)[nH]c2c1Cl. The molecule has 1 aromatic heterocycles. The summed E-state index contributed by atoms with van der Waals surface area (Å²) in [4.78, 5) is 18.4. The van der Waals surface area contributed by atoms with Crippen molar-refractivity contribution in [1.29, 1.82) is 0 Å². The number of alkyl halides is 3. The van der Waals surface area contributed by atoms with Crippen LogP contribution in [-0.2, 0) is 11.0 Å². The summed E-state index contributed by atoms with van der Waals surface area (Å²) < 4.78 is 51.4. The molecule has 19 heavy (non-hydrogen) atoms. The molecule has 0 aliphatic heterocycles. The fraction of sp³-hybridized carbons (Fsp3) is 0.200. The fourth-order valence-electron chi connectivity index (χ4n) is 1.55. The third kappa shape index (κ3) is 2.09. The van der Waals surface area contributed by atoms with Crippen LogP contribution in [0.2, 0.25) is 5.02 Å². The van der Waals surface area contributed by atoms with Gasteiger partial charge in [0.2, 0.25) is 11.9 Å². The molecule has 0 saturated carbocycles. The molecule has 0 atom stereocenters. The molecule has 1 N–H and O–H groups in total. The van der Waals surface area contributed by atoms with E-state index in [-0.39, 0.29) is 16.1 Å². The van der Waals surface area contributed by atoms with Crippen LogP contribution in [-0.4, -0.2) is 16.0 Å². The van der Waals surface area contributed by atoms with E-state index in [1.165, 1.54) is 6.92 Å². The molecule has 0 amide bonds. The van der Waals surface area contributed by atoms with Gasteiger partial charge in [0.15, 0.2) is 5.82 Å². The minimum absolute atomic E-state index is 0.138. The molecule has 0 aliphatic carbocycles. The molecule has 100 valence electrons. The van der Waals surface area contributed by atoms with Crippen LogP contribution >= 0.6 is 11.6 Å². The third-order valence-corrected chi connectivity index (χ3v) is 2.91. The Labute approximate surface area is 108 Å². The number of nitrogens with zero attached hydrogens (tertiary/aromatic N) is 2. The second-order valence-electron chi connectivity index (χ2n) is 3.61. The lowest BCUT2D eigenvalue weighted by atomic mass is 10.1. The van der Waals surface area contributed by atoms with E-state index in [0.29, 0.717) is 0 Å². The highest BCUT2D eigenvalue weighted by atomic mass is 35.5. The third-order valence-electron chi connectivity index (χ3n) is 2.44. The summed E-state index contributed by atoms with van der Waals surface area (Å²) in [5.74, 6) is -2.36. The molecule has 2 aromatic rings. The fourth-order valence-corrected chi connectivity index (χ4v) is 1.77. The lowest BCUT2D eigenvalue weighted by Crippen LogP contribution is -2.06.